The zero-order valence-electron chi connectivity index (χ0n) is 10.4. The Morgan fingerprint density at radius 2 is 2.25 bits per heavy atom. The summed E-state index contributed by atoms with van der Waals surface area (Å²) in [7, 11) is -3.78. The molecular formula is C11H13ClN4O3S. The Bertz CT molecular complexity index is 686. The highest BCUT2D eigenvalue weighted by molar-refractivity contribution is 7.92. The first kappa shape index (κ1) is 14.8. The lowest BCUT2D eigenvalue weighted by Gasteiger charge is -2.06. The summed E-state index contributed by atoms with van der Waals surface area (Å²) in [4.78, 5) is 3.87. The van der Waals surface area contributed by atoms with Gasteiger partial charge in [-0.05, 0) is 18.6 Å². The third-order valence-corrected chi connectivity index (χ3v) is 4.05. The smallest absolute Gasteiger partial charge is 0.266 e. The molecule has 0 spiro atoms. The van der Waals surface area contributed by atoms with Crippen LogP contribution in [0.1, 0.15) is 6.42 Å². The van der Waals surface area contributed by atoms with Crippen LogP contribution in [0.25, 0.3) is 0 Å². The third-order valence-electron chi connectivity index (χ3n) is 2.45. The minimum Gasteiger partial charge on any atom is -0.396 e. The zero-order chi connectivity index (χ0) is 14.6. The van der Waals surface area contributed by atoms with Gasteiger partial charge in [-0.25, -0.2) is 13.4 Å². The summed E-state index contributed by atoms with van der Waals surface area (Å²) < 4.78 is 28.0. The Hall–Kier alpha value is -1.64. The van der Waals surface area contributed by atoms with Crippen molar-refractivity contribution in [2.75, 3.05) is 11.3 Å². The molecule has 0 radical (unpaired) electrons. The van der Waals surface area contributed by atoms with E-state index in [9.17, 15) is 8.42 Å². The van der Waals surface area contributed by atoms with Crippen LogP contribution in [0.5, 0.6) is 0 Å². The summed E-state index contributed by atoms with van der Waals surface area (Å²) in [5, 5.41) is 12.9. The van der Waals surface area contributed by atoms with E-state index >= 15 is 0 Å². The fourth-order valence-corrected chi connectivity index (χ4v) is 2.69. The largest absolute Gasteiger partial charge is 0.396 e. The van der Waals surface area contributed by atoms with E-state index in [1.807, 2.05) is 0 Å². The quantitative estimate of drug-likeness (QED) is 0.832. The molecule has 0 aliphatic heterocycles. The summed E-state index contributed by atoms with van der Waals surface area (Å²) in [5.41, 5.74) is 0. The molecule has 0 amide bonds. The number of aliphatic hydroxyl groups excluding tert-OH is 1. The molecule has 20 heavy (non-hydrogen) atoms. The minimum absolute atomic E-state index is 0.0113. The summed E-state index contributed by atoms with van der Waals surface area (Å²) in [6, 6.07) is 3.14. The van der Waals surface area contributed by atoms with Crippen molar-refractivity contribution in [1.82, 2.24) is 14.8 Å². The van der Waals surface area contributed by atoms with Gasteiger partial charge in [0.1, 0.15) is 4.90 Å². The second-order valence-electron chi connectivity index (χ2n) is 3.96. The second kappa shape index (κ2) is 6.21. The van der Waals surface area contributed by atoms with Gasteiger partial charge >= 0.3 is 0 Å². The number of aryl methyl sites for hydroxylation is 1. The van der Waals surface area contributed by atoms with Crippen molar-refractivity contribution in [1.29, 1.82) is 0 Å². The van der Waals surface area contributed by atoms with Gasteiger partial charge in [0, 0.05) is 25.5 Å². The van der Waals surface area contributed by atoms with E-state index < -0.39 is 10.0 Å². The highest BCUT2D eigenvalue weighted by Crippen LogP contribution is 2.21. The number of aromatic nitrogens is 3. The van der Waals surface area contributed by atoms with Gasteiger partial charge in [-0.15, -0.1) is 0 Å². The molecule has 0 fully saturated rings. The van der Waals surface area contributed by atoms with Crippen molar-refractivity contribution in [3.63, 3.8) is 0 Å². The lowest BCUT2D eigenvalue weighted by Crippen LogP contribution is -2.13. The standard InChI is InChI=1S/C11H13ClN4O3S/c12-10-3-1-4-13-11(10)15-20(18,19)9-7-14-16(8-9)5-2-6-17/h1,3-4,7-8,17H,2,5-6H2,(H,13,15). The van der Waals surface area contributed by atoms with Crippen molar-refractivity contribution >= 4 is 27.4 Å². The van der Waals surface area contributed by atoms with Gasteiger partial charge in [0.2, 0.25) is 0 Å². The lowest BCUT2D eigenvalue weighted by molar-refractivity contribution is 0.277. The molecule has 2 rings (SSSR count). The number of halogens is 1. The summed E-state index contributed by atoms with van der Waals surface area (Å²) >= 11 is 5.85. The van der Waals surface area contributed by atoms with E-state index in [1.165, 1.54) is 29.3 Å². The van der Waals surface area contributed by atoms with Gasteiger partial charge in [-0.3, -0.25) is 9.40 Å². The molecule has 2 heterocycles. The first-order valence-corrected chi connectivity index (χ1v) is 7.66. The van der Waals surface area contributed by atoms with E-state index in [0.29, 0.717) is 13.0 Å². The summed E-state index contributed by atoms with van der Waals surface area (Å²) in [6.45, 7) is 0.458. The van der Waals surface area contributed by atoms with Crippen LogP contribution in [-0.4, -0.2) is 34.9 Å². The van der Waals surface area contributed by atoms with Gasteiger partial charge in [-0.1, -0.05) is 11.6 Å². The van der Waals surface area contributed by atoms with Crippen molar-refractivity contribution in [2.24, 2.45) is 0 Å². The van der Waals surface area contributed by atoms with Gasteiger partial charge in [0.15, 0.2) is 5.82 Å². The number of hydrogen-bond acceptors (Lipinski definition) is 5. The zero-order valence-corrected chi connectivity index (χ0v) is 12.0. The number of nitrogens with one attached hydrogen (secondary N) is 1. The number of sulfonamides is 1. The van der Waals surface area contributed by atoms with Gasteiger partial charge in [0.05, 0.1) is 11.2 Å². The normalized spacial score (nSPS) is 11.5. The number of hydrogen-bond donors (Lipinski definition) is 2. The number of nitrogens with zero attached hydrogens (tertiary/aromatic N) is 3. The van der Waals surface area contributed by atoms with E-state index in [4.69, 9.17) is 16.7 Å². The fraction of sp³-hybridized carbons (Fsp3) is 0.273. The molecule has 7 nitrogen and oxygen atoms in total. The third kappa shape index (κ3) is 3.47. The van der Waals surface area contributed by atoms with Crippen LogP contribution < -0.4 is 4.72 Å². The molecule has 0 aliphatic carbocycles. The second-order valence-corrected chi connectivity index (χ2v) is 6.05. The predicted molar refractivity (Wildman–Crippen MR) is 74.0 cm³/mol. The number of anilines is 1. The Morgan fingerprint density at radius 3 is 2.95 bits per heavy atom. The molecule has 0 saturated carbocycles. The molecule has 0 unspecified atom stereocenters. The van der Waals surface area contributed by atoms with E-state index in [1.54, 1.807) is 6.07 Å². The SMILES string of the molecule is O=S(=O)(Nc1ncccc1Cl)c1cnn(CCCO)c1. The number of rotatable bonds is 6. The Labute approximate surface area is 121 Å². The van der Waals surface area contributed by atoms with Gasteiger partial charge < -0.3 is 5.11 Å². The van der Waals surface area contributed by atoms with Crippen molar-refractivity contribution in [3.8, 4) is 0 Å². The molecule has 2 N–H and O–H groups in total. The molecule has 0 saturated heterocycles. The van der Waals surface area contributed by atoms with Crippen LogP contribution in [-0.2, 0) is 16.6 Å². The molecule has 2 aromatic rings. The average Bonchev–Trinajstić information content (AvgIpc) is 2.88. The number of pyridine rings is 1. The van der Waals surface area contributed by atoms with Crippen LogP contribution >= 0.6 is 11.6 Å². The Balaban J connectivity index is 2.18. The average molecular weight is 317 g/mol. The first-order chi connectivity index (χ1) is 9.53. The molecular weight excluding hydrogens is 304 g/mol. The van der Waals surface area contributed by atoms with Gasteiger partial charge in [-0.2, -0.15) is 5.10 Å². The summed E-state index contributed by atoms with van der Waals surface area (Å²) in [6.07, 6.45) is 4.56. The first-order valence-electron chi connectivity index (χ1n) is 5.79. The van der Waals surface area contributed by atoms with Crippen molar-refractivity contribution < 1.29 is 13.5 Å². The lowest BCUT2D eigenvalue weighted by atomic mass is 10.5. The molecule has 0 aromatic carbocycles. The predicted octanol–water partition coefficient (Wildman–Crippen LogP) is 1.11. The molecule has 108 valence electrons. The fourth-order valence-electron chi connectivity index (χ4n) is 1.49. The van der Waals surface area contributed by atoms with Crippen LogP contribution in [0.15, 0.2) is 35.6 Å². The number of aliphatic hydroxyl groups is 1. The molecule has 0 aliphatic rings. The maximum absolute atomic E-state index is 12.1. The Kier molecular flexibility index (Phi) is 4.58. The van der Waals surface area contributed by atoms with E-state index in [0.717, 1.165) is 0 Å². The maximum Gasteiger partial charge on any atom is 0.266 e. The molecule has 2 aromatic heterocycles. The van der Waals surface area contributed by atoms with Crippen LogP contribution in [0.4, 0.5) is 5.82 Å². The van der Waals surface area contributed by atoms with E-state index in [-0.39, 0.29) is 22.3 Å². The van der Waals surface area contributed by atoms with Crippen LogP contribution in [0.2, 0.25) is 5.02 Å². The highest BCUT2D eigenvalue weighted by Gasteiger charge is 2.18. The molecule has 0 atom stereocenters. The maximum atomic E-state index is 12.1. The van der Waals surface area contributed by atoms with Crippen molar-refractivity contribution in [2.45, 2.75) is 17.9 Å². The van der Waals surface area contributed by atoms with Crippen LogP contribution in [0.3, 0.4) is 0 Å². The summed E-state index contributed by atoms with van der Waals surface area (Å²) in [5.74, 6) is 0.0669. The minimum atomic E-state index is -3.78. The van der Waals surface area contributed by atoms with Crippen LogP contribution in [0, 0.1) is 0 Å². The highest BCUT2D eigenvalue weighted by atomic mass is 35.5. The molecule has 9 heteroatoms. The van der Waals surface area contributed by atoms with Crippen molar-refractivity contribution in [3.05, 3.63) is 35.7 Å². The molecule has 0 bridgehead atoms. The monoisotopic (exact) mass is 316 g/mol. The van der Waals surface area contributed by atoms with E-state index in [2.05, 4.69) is 14.8 Å². The Morgan fingerprint density at radius 1 is 1.45 bits per heavy atom. The topological polar surface area (TPSA) is 97.1 Å². The van der Waals surface area contributed by atoms with Gasteiger partial charge in [0.25, 0.3) is 10.0 Å².